The van der Waals surface area contributed by atoms with E-state index in [1.54, 1.807) is 35.9 Å². The summed E-state index contributed by atoms with van der Waals surface area (Å²) in [5.41, 5.74) is 3.46. The molecule has 0 saturated carbocycles. The smallest absolute Gasteiger partial charge is 0.355 e. The number of hydrogen-bond acceptors (Lipinski definition) is 7. The van der Waals surface area contributed by atoms with Crippen LogP contribution in [0.3, 0.4) is 0 Å². The Bertz CT molecular complexity index is 1880. The molecule has 1 atom stereocenters. The number of benzene rings is 1. The number of fused-ring (bicyclic) bond motifs is 1. The molecule has 44 heavy (non-hydrogen) atoms. The van der Waals surface area contributed by atoms with E-state index in [1.165, 1.54) is 6.08 Å². The van der Waals surface area contributed by atoms with Gasteiger partial charge in [-0.2, -0.15) is 4.98 Å². The monoisotopic (exact) mass is 629 g/mol. The van der Waals surface area contributed by atoms with Crippen LogP contribution in [0.2, 0.25) is 5.02 Å². The molecule has 230 valence electrons. The van der Waals surface area contributed by atoms with E-state index in [9.17, 15) is 18.4 Å². The fraction of sp³-hybridized carbons (Fsp3) is 0.300. The normalized spacial score (nSPS) is 15.4. The van der Waals surface area contributed by atoms with Crippen LogP contribution in [-0.2, 0) is 4.79 Å². The van der Waals surface area contributed by atoms with Crippen LogP contribution in [-0.4, -0.2) is 56.0 Å². The minimum atomic E-state index is -1.73. The molecule has 1 aromatic carbocycles. The van der Waals surface area contributed by atoms with Crippen LogP contribution in [0.15, 0.2) is 35.8 Å². The molecule has 14 heteroatoms. The highest BCUT2D eigenvalue weighted by Gasteiger charge is 2.32. The van der Waals surface area contributed by atoms with Gasteiger partial charge in [0.05, 0.1) is 28.0 Å². The van der Waals surface area contributed by atoms with Crippen molar-refractivity contribution in [2.45, 2.75) is 39.7 Å². The van der Waals surface area contributed by atoms with Crippen molar-refractivity contribution < 1.29 is 22.4 Å². The van der Waals surface area contributed by atoms with Gasteiger partial charge in [0.2, 0.25) is 5.91 Å². The number of halogens is 5. The summed E-state index contributed by atoms with van der Waals surface area (Å²) in [5, 5.41) is -1.17. The Balaban J connectivity index is 1.87. The van der Waals surface area contributed by atoms with E-state index in [2.05, 4.69) is 21.5 Å². The molecule has 1 fully saturated rings. The summed E-state index contributed by atoms with van der Waals surface area (Å²) in [5.74, 6) is -6.45. The zero-order valence-electron chi connectivity index (χ0n) is 24.3. The van der Waals surface area contributed by atoms with Crippen molar-refractivity contribution in [2.24, 2.45) is 0 Å². The highest BCUT2D eigenvalue weighted by atomic mass is 35.5. The predicted molar refractivity (Wildman–Crippen MR) is 160 cm³/mol. The van der Waals surface area contributed by atoms with Crippen molar-refractivity contribution in [2.75, 3.05) is 30.3 Å². The third kappa shape index (κ3) is 4.94. The van der Waals surface area contributed by atoms with Crippen LogP contribution >= 0.6 is 11.6 Å². The molecule has 3 aromatic heterocycles. The second-order valence-electron chi connectivity index (χ2n) is 10.8. The van der Waals surface area contributed by atoms with Gasteiger partial charge < -0.3 is 15.5 Å². The molecule has 1 amide bonds. The molecule has 5 rings (SSSR count). The maximum atomic E-state index is 16.0. The summed E-state index contributed by atoms with van der Waals surface area (Å²) in [6.45, 7) is 11.6. The fourth-order valence-corrected chi connectivity index (χ4v) is 5.65. The number of piperazine rings is 1. The number of pyridine rings is 2. The first-order valence-corrected chi connectivity index (χ1v) is 14.0. The van der Waals surface area contributed by atoms with Gasteiger partial charge in [-0.05, 0) is 43.5 Å². The number of nitrogens with zero attached hydrogens (tertiary/aromatic N) is 6. The second kappa shape index (κ2) is 11.5. The predicted octanol–water partition coefficient (Wildman–Crippen LogP) is 5.29. The molecule has 0 aliphatic carbocycles. The first-order valence-electron chi connectivity index (χ1n) is 13.7. The zero-order chi connectivity index (χ0) is 32.2. The minimum Gasteiger partial charge on any atom is -0.396 e. The Kier molecular flexibility index (Phi) is 8.10. The summed E-state index contributed by atoms with van der Waals surface area (Å²) in [7, 11) is 0. The first kappa shape index (κ1) is 30.9. The Labute approximate surface area is 254 Å². The summed E-state index contributed by atoms with van der Waals surface area (Å²) in [6, 6.07) is 2.28. The maximum Gasteiger partial charge on any atom is 0.355 e. The fourth-order valence-electron chi connectivity index (χ4n) is 5.47. The van der Waals surface area contributed by atoms with Gasteiger partial charge in [0, 0.05) is 31.9 Å². The number of nitrogens with two attached hydrogens (primary N) is 1. The minimum absolute atomic E-state index is 0.0619. The van der Waals surface area contributed by atoms with Crippen LogP contribution in [0.1, 0.15) is 37.9 Å². The molecular formula is C30H28ClF4N7O2. The van der Waals surface area contributed by atoms with Crippen LogP contribution in [0.5, 0.6) is 0 Å². The van der Waals surface area contributed by atoms with E-state index in [-0.39, 0.29) is 54.4 Å². The number of rotatable bonds is 5. The number of nitrogen functional groups attached to an aromatic ring is 1. The van der Waals surface area contributed by atoms with E-state index >= 15 is 8.78 Å². The Morgan fingerprint density at radius 1 is 1.16 bits per heavy atom. The van der Waals surface area contributed by atoms with Gasteiger partial charge in [0.25, 0.3) is 0 Å². The van der Waals surface area contributed by atoms with Crippen LogP contribution < -0.4 is 16.3 Å². The Morgan fingerprint density at radius 2 is 1.86 bits per heavy atom. The number of aromatic nitrogens is 4. The van der Waals surface area contributed by atoms with E-state index in [0.717, 1.165) is 10.6 Å². The summed E-state index contributed by atoms with van der Waals surface area (Å²) in [4.78, 5) is 42.6. The third-order valence-corrected chi connectivity index (χ3v) is 7.98. The third-order valence-electron chi connectivity index (χ3n) is 7.65. The number of aryl methyl sites for hydroxylation is 1. The summed E-state index contributed by atoms with van der Waals surface area (Å²) < 4.78 is 61.2. The lowest BCUT2D eigenvalue weighted by Gasteiger charge is -2.40. The number of amides is 1. The van der Waals surface area contributed by atoms with Gasteiger partial charge >= 0.3 is 5.69 Å². The second-order valence-corrected chi connectivity index (χ2v) is 11.2. The largest absolute Gasteiger partial charge is 0.396 e. The molecule has 1 aliphatic heterocycles. The van der Waals surface area contributed by atoms with E-state index in [4.69, 9.17) is 17.3 Å². The van der Waals surface area contributed by atoms with Crippen molar-refractivity contribution in [3.8, 4) is 16.9 Å². The molecule has 2 N–H and O–H groups in total. The van der Waals surface area contributed by atoms with Crippen molar-refractivity contribution in [3.05, 3.63) is 81.0 Å². The lowest BCUT2D eigenvalue weighted by Crippen LogP contribution is -2.54. The van der Waals surface area contributed by atoms with Crippen molar-refractivity contribution in [3.63, 3.8) is 0 Å². The Morgan fingerprint density at radius 3 is 2.50 bits per heavy atom. The van der Waals surface area contributed by atoms with Gasteiger partial charge in [0.15, 0.2) is 28.9 Å². The van der Waals surface area contributed by atoms with Crippen molar-refractivity contribution in [1.82, 2.24) is 24.4 Å². The standard InChI is InChI=1S/C30H28ClF4N7O2/c1-6-18(43)40-9-10-41(15(5)12-40)28-16-11-17(32)26(19-21(33)20(31)22(34)23(35)24(19)36)38-29(16)42(30(44)39-28)27-14(4)7-8-37-25(27)13(2)3/h6-8,11,13,15H,1,9-10,12,36H2,2-5H3/t15-/m0/s1. The number of carbonyl (C=O) groups is 1. The lowest BCUT2D eigenvalue weighted by molar-refractivity contribution is -0.126. The Hall–Kier alpha value is -4.52. The molecule has 0 spiro atoms. The quantitative estimate of drug-likeness (QED) is 0.105. The highest BCUT2D eigenvalue weighted by Crippen LogP contribution is 2.40. The molecule has 4 heterocycles. The van der Waals surface area contributed by atoms with Crippen LogP contribution in [0.25, 0.3) is 28.0 Å². The van der Waals surface area contributed by atoms with E-state index < -0.39 is 50.9 Å². The first-order chi connectivity index (χ1) is 20.8. The van der Waals surface area contributed by atoms with Crippen LogP contribution in [0, 0.1) is 30.2 Å². The molecule has 9 nitrogen and oxygen atoms in total. The maximum absolute atomic E-state index is 16.0. The molecule has 1 saturated heterocycles. The summed E-state index contributed by atoms with van der Waals surface area (Å²) >= 11 is 5.69. The van der Waals surface area contributed by atoms with Crippen LogP contribution in [0.4, 0.5) is 29.1 Å². The molecular weight excluding hydrogens is 602 g/mol. The van der Waals surface area contributed by atoms with Gasteiger partial charge in [-0.3, -0.25) is 9.78 Å². The molecule has 1 aliphatic rings. The molecule has 4 aromatic rings. The molecule has 0 bridgehead atoms. The number of anilines is 2. The van der Waals surface area contributed by atoms with Crippen molar-refractivity contribution >= 4 is 40.0 Å². The number of carbonyl (C=O) groups excluding carboxylic acids is 1. The number of hydrogen-bond donors (Lipinski definition) is 1. The van der Waals surface area contributed by atoms with Gasteiger partial charge in [-0.25, -0.2) is 31.9 Å². The zero-order valence-corrected chi connectivity index (χ0v) is 25.0. The lowest BCUT2D eigenvalue weighted by atomic mass is 10.0. The molecule has 0 radical (unpaired) electrons. The highest BCUT2D eigenvalue weighted by molar-refractivity contribution is 6.31. The molecule has 0 unspecified atom stereocenters. The summed E-state index contributed by atoms with van der Waals surface area (Å²) in [6.07, 6.45) is 2.78. The van der Waals surface area contributed by atoms with E-state index in [1.807, 2.05) is 13.8 Å². The van der Waals surface area contributed by atoms with Gasteiger partial charge in [-0.15, -0.1) is 0 Å². The SMILES string of the molecule is C=CC(=O)N1CCN(c2nc(=O)n(-c3c(C)ccnc3C(C)C)c3nc(-c4c(N)c(F)c(F)c(Cl)c4F)c(F)cc23)[C@@H](C)C1. The van der Waals surface area contributed by atoms with Gasteiger partial charge in [0.1, 0.15) is 16.5 Å². The van der Waals surface area contributed by atoms with Gasteiger partial charge in [-0.1, -0.05) is 32.0 Å². The van der Waals surface area contributed by atoms with E-state index in [0.29, 0.717) is 16.9 Å². The topological polar surface area (TPSA) is 110 Å². The average Bonchev–Trinajstić information content (AvgIpc) is 2.99. The van der Waals surface area contributed by atoms with Crippen molar-refractivity contribution in [1.29, 1.82) is 0 Å². The average molecular weight is 630 g/mol.